The van der Waals surface area contributed by atoms with Gasteiger partial charge in [-0.25, -0.2) is 8.78 Å². The molecule has 2 fully saturated rings. The number of aryl methyl sites for hydroxylation is 1. The molecule has 2 aliphatic heterocycles. The molecule has 0 bridgehead atoms. The van der Waals surface area contributed by atoms with E-state index in [1.807, 2.05) is 0 Å². The van der Waals surface area contributed by atoms with Gasteiger partial charge in [-0.15, -0.1) is 0 Å². The number of hydrogen-bond donors (Lipinski definition) is 0. The summed E-state index contributed by atoms with van der Waals surface area (Å²) in [6.45, 7) is 5.32. The second-order valence-corrected chi connectivity index (χ2v) is 7.57. The Morgan fingerprint density at radius 3 is 2.33 bits per heavy atom. The van der Waals surface area contributed by atoms with E-state index in [0.717, 1.165) is 38.9 Å². The summed E-state index contributed by atoms with van der Waals surface area (Å²) in [4.78, 5) is 0. The van der Waals surface area contributed by atoms with Gasteiger partial charge in [0.15, 0.2) is 0 Å². The molecule has 2 heterocycles. The minimum absolute atomic E-state index is 0.0947. The molecule has 1 aromatic rings. The molecule has 0 spiro atoms. The Balaban J connectivity index is 1.44. The third-order valence-electron chi connectivity index (χ3n) is 5.57. The normalized spacial score (nSPS) is 31.2. The Bertz CT molecular complexity index is 522. The van der Waals surface area contributed by atoms with Crippen LogP contribution in [0.15, 0.2) is 12.1 Å². The quantitative estimate of drug-likeness (QED) is 0.784. The molecule has 4 unspecified atom stereocenters. The maximum Gasteiger partial charge on any atom is 0.129 e. The summed E-state index contributed by atoms with van der Waals surface area (Å²) < 4.78 is 39.2. The van der Waals surface area contributed by atoms with Gasteiger partial charge < -0.3 is 9.47 Å². The van der Waals surface area contributed by atoms with Gasteiger partial charge in [-0.05, 0) is 69.1 Å². The molecular weight excluding hydrogens is 310 g/mol. The highest BCUT2D eigenvalue weighted by molar-refractivity contribution is 5.25. The Morgan fingerprint density at radius 2 is 1.75 bits per heavy atom. The molecule has 0 N–H and O–H groups in total. The Kier molecular flexibility index (Phi) is 5.88. The monoisotopic (exact) mass is 338 g/mol. The molecule has 2 nitrogen and oxygen atoms in total. The van der Waals surface area contributed by atoms with Gasteiger partial charge in [-0.2, -0.15) is 0 Å². The van der Waals surface area contributed by atoms with Crippen molar-refractivity contribution in [2.75, 3.05) is 13.2 Å². The van der Waals surface area contributed by atoms with E-state index in [0.29, 0.717) is 29.9 Å². The second-order valence-electron chi connectivity index (χ2n) is 7.57. The van der Waals surface area contributed by atoms with Gasteiger partial charge in [-0.1, -0.05) is 6.92 Å². The third-order valence-corrected chi connectivity index (χ3v) is 5.57. The molecule has 4 atom stereocenters. The van der Waals surface area contributed by atoms with Crippen molar-refractivity contribution >= 4 is 0 Å². The highest BCUT2D eigenvalue weighted by Gasteiger charge is 2.31. The lowest BCUT2D eigenvalue weighted by atomic mass is 9.86. The van der Waals surface area contributed by atoms with Crippen molar-refractivity contribution in [2.45, 2.75) is 64.6 Å². The molecule has 3 rings (SSSR count). The van der Waals surface area contributed by atoms with Crippen LogP contribution in [-0.2, 0) is 15.9 Å². The predicted octanol–water partition coefficient (Wildman–Crippen LogP) is 4.82. The summed E-state index contributed by atoms with van der Waals surface area (Å²) in [7, 11) is 0. The molecule has 0 saturated carbocycles. The first-order valence-electron chi connectivity index (χ1n) is 9.20. The smallest absolute Gasteiger partial charge is 0.129 e. The van der Waals surface area contributed by atoms with Crippen LogP contribution in [-0.4, -0.2) is 25.4 Å². The highest BCUT2D eigenvalue weighted by Crippen LogP contribution is 2.31. The third kappa shape index (κ3) is 4.34. The lowest BCUT2D eigenvalue weighted by Gasteiger charge is -2.37. The molecular formula is C20H28F2O2. The van der Waals surface area contributed by atoms with Crippen LogP contribution in [0.4, 0.5) is 8.78 Å². The van der Waals surface area contributed by atoms with E-state index in [2.05, 4.69) is 6.92 Å². The van der Waals surface area contributed by atoms with Crippen molar-refractivity contribution < 1.29 is 18.3 Å². The summed E-state index contributed by atoms with van der Waals surface area (Å²) >= 11 is 0. The van der Waals surface area contributed by atoms with Crippen LogP contribution in [0.3, 0.4) is 0 Å². The number of ether oxygens (including phenoxy) is 2. The summed E-state index contributed by atoms with van der Waals surface area (Å²) in [6.07, 6.45) is 6.53. The van der Waals surface area contributed by atoms with E-state index >= 15 is 0 Å². The zero-order valence-electron chi connectivity index (χ0n) is 14.7. The average Bonchev–Trinajstić information content (AvgIpc) is 2.59. The fraction of sp³-hybridized carbons (Fsp3) is 0.700. The minimum Gasteiger partial charge on any atom is -0.378 e. The van der Waals surface area contributed by atoms with Crippen molar-refractivity contribution in [1.82, 2.24) is 0 Å². The number of halogens is 2. The van der Waals surface area contributed by atoms with Gasteiger partial charge in [0, 0.05) is 18.1 Å². The van der Waals surface area contributed by atoms with E-state index in [4.69, 9.17) is 9.47 Å². The van der Waals surface area contributed by atoms with Crippen LogP contribution < -0.4 is 0 Å². The molecule has 0 amide bonds. The van der Waals surface area contributed by atoms with Crippen molar-refractivity contribution in [3.05, 3.63) is 34.9 Å². The number of hydrogen-bond acceptors (Lipinski definition) is 2. The van der Waals surface area contributed by atoms with Crippen LogP contribution in [0.1, 0.15) is 50.2 Å². The molecule has 134 valence electrons. The van der Waals surface area contributed by atoms with Gasteiger partial charge in [0.05, 0.1) is 18.8 Å². The zero-order chi connectivity index (χ0) is 17.1. The Hall–Kier alpha value is -1.00. The lowest BCUT2D eigenvalue weighted by molar-refractivity contribution is -0.102. The molecule has 2 aliphatic rings. The summed E-state index contributed by atoms with van der Waals surface area (Å²) in [6, 6.07) is 2.89. The van der Waals surface area contributed by atoms with Crippen LogP contribution in [0.5, 0.6) is 0 Å². The Morgan fingerprint density at radius 1 is 1.00 bits per heavy atom. The van der Waals surface area contributed by atoms with Crippen LogP contribution in [0.2, 0.25) is 0 Å². The zero-order valence-corrected chi connectivity index (χ0v) is 14.7. The maximum atomic E-state index is 13.6. The van der Waals surface area contributed by atoms with Gasteiger partial charge in [0.2, 0.25) is 0 Å². The topological polar surface area (TPSA) is 18.5 Å². The molecule has 4 heteroatoms. The number of rotatable bonds is 4. The standard InChI is InChI=1S/C20H28F2O2/c1-13-3-8-20(24-11-13)16-5-7-17(23-12-16)6-4-15-9-18(21)14(2)19(22)10-15/h9-10,13,16-17,20H,3-8,11-12H2,1-2H3. The maximum absolute atomic E-state index is 13.6. The second kappa shape index (κ2) is 7.92. The molecule has 24 heavy (non-hydrogen) atoms. The SMILES string of the molecule is Cc1c(F)cc(CCC2CCC(C3CCC(C)CO3)CO2)cc1F. The molecule has 2 saturated heterocycles. The van der Waals surface area contributed by atoms with E-state index in [-0.39, 0.29) is 11.7 Å². The van der Waals surface area contributed by atoms with Crippen LogP contribution in [0, 0.1) is 30.4 Å². The first-order chi connectivity index (χ1) is 11.5. The first kappa shape index (κ1) is 17.8. The van der Waals surface area contributed by atoms with Crippen LogP contribution in [0.25, 0.3) is 0 Å². The van der Waals surface area contributed by atoms with Gasteiger partial charge in [-0.3, -0.25) is 0 Å². The fourth-order valence-electron chi connectivity index (χ4n) is 3.79. The summed E-state index contributed by atoms with van der Waals surface area (Å²) in [5, 5.41) is 0. The lowest BCUT2D eigenvalue weighted by Crippen LogP contribution is -2.38. The van der Waals surface area contributed by atoms with Crippen molar-refractivity contribution in [2.24, 2.45) is 11.8 Å². The van der Waals surface area contributed by atoms with E-state index in [1.165, 1.54) is 25.5 Å². The van der Waals surface area contributed by atoms with Gasteiger partial charge >= 0.3 is 0 Å². The highest BCUT2D eigenvalue weighted by atomic mass is 19.1. The van der Waals surface area contributed by atoms with E-state index < -0.39 is 11.6 Å². The summed E-state index contributed by atoms with van der Waals surface area (Å²) in [5.74, 6) is 0.258. The Labute approximate surface area is 143 Å². The molecule has 0 radical (unpaired) electrons. The minimum atomic E-state index is -0.460. The molecule has 1 aromatic carbocycles. The molecule has 0 aliphatic carbocycles. The van der Waals surface area contributed by atoms with Crippen LogP contribution >= 0.6 is 0 Å². The van der Waals surface area contributed by atoms with Crippen molar-refractivity contribution in [3.63, 3.8) is 0 Å². The van der Waals surface area contributed by atoms with Crippen molar-refractivity contribution in [1.29, 1.82) is 0 Å². The van der Waals surface area contributed by atoms with Gasteiger partial charge in [0.1, 0.15) is 11.6 Å². The molecule has 0 aromatic heterocycles. The van der Waals surface area contributed by atoms with E-state index in [9.17, 15) is 8.78 Å². The average molecular weight is 338 g/mol. The fourth-order valence-corrected chi connectivity index (χ4v) is 3.79. The first-order valence-corrected chi connectivity index (χ1v) is 9.20. The number of benzene rings is 1. The predicted molar refractivity (Wildman–Crippen MR) is 90.0 cm³/mol. The van der Waals surface area contributed by atoms with Crippen molar-refractivity contribution in [3.8, 4) is 0 Å². The van der Waals surface area contributed by atoms with Gasteiger partial charge in [0.25, 0.3) is 0 Å². The summed E-state index contributed by atoms with van der Waals surface area (Å²) in [5.41, 5.74) is 0.809. The van der Waals surface area contributed by atoms with E-state index in [1.54, 1.807) is 0 Å². The largest absolute Gasteiger partial charge is 0.378 e.